The molecule has 0 spiro atoms. The molecule has 0 radical (unpaired) electrons. The molecule has 1 rings (SSSR count). The van der Waals surface area contributed by atoms with Gasteiger partial charge in [-0.2, -0.15) is 0 Å². The van der Waals surface area contributed by atoms with Crippen LogP contribution in [0.3, 0.4) is 0 Å². The van der Waals surface area contributed by atoms with E-state index in [0.717, 1.165) is 19.4 Å². The van der Waals surface area contributed by atoms with Gasteiger partial charge in [-0.15, -0.1) is 24.8 Å². The molecule has 1 atom stereocenters. The molecule has 2 amide bonds. The first-order valence-electron chi connectivity index (χ1n) is 6.95. The lowest BCUT2D eigenvalue weighted by Crippen LogP contribution is -2.35. The maximum absolute atomic E-state index is 11.9. The van der Waals surface area contributed by atoms with Crippen molar-refractivity contribution in [3.63, 3.8) is 0 Å². The smallest absolute Gasteiger partial charge is 0.225 e. The van der Waals surface area contributed by atoms with E-state index in [0.29, 0.717) is 32.6 Å². The number of nitrogens with one attached hydrogen (secondary N) is 1. The van der Waals surface area contributed by atoms with Gasteiger partial charge in [0.1, 0.15) is 0 Å². The Hall–Kier alpha value is -0.560. The fraction of sp³-hybridized carbons (Fsp3) is 0.846. The van der Waals surface area contributed by atoms with E-state index >= 15 is 0 Å². The van der Waals surface area contributed by atoms with Crippen molar-refractivity contribution in [2.24, 2.45) is 11.7 Å². The summed E-state index contributed by atoms with van der Waals surface area (Å²) in [6, 6.07) is 0. The topological polar surface area (TPSA) is 78.7 Å². The van der Waals surface area contributed by atoms with Crippen molar-refractivity contribution in [2.45, 2.75) is 19.3 Å². The van der Waals surface area contributed by atoms with Crippen LogP contribution in [0, 0.1) is 5.92 Å². The minimum atomic E-state index is -0.187. The summed E-state index contributed by atoms with van der Waals surface area (Å²) in [7, 11) is 3.95. The Kier molecular flexibility index (Phi) is 13.0. The number of unbranched alkanes of at least 4 members (excludes halogenated alkanes) is 1. The van der Waals surface area contributed by atoms with Crippen LogP contribution in [-0.2, 0) is 9.59 Å². The van der Waals surface area contributed by atoms with Crippen LogP contribution < -0.4 is 11.1 Å². The molecule has 3 N–H and O–H groups in total. The molecule has 1 fully saturated rings. The lowest BCUT2D eigenvalue weighted by atomic mass is 10.1. The van der Waals surface area contributed by atoms with E-state index in [1.165, 1.54) is 0 Å². The van der Waals surface area contributed by atoms with E-state index in [-0.39, 0.29) is 42.5 Å². The number of halogens is 2. The van der Waals surface area contributed by atoms with Crippen molar-refractivity contribution < 1.29 is 9.59 Å². The average Bonchev–Trinajstić information content (AvgIpc) is 2.73. The second-order valence-corrected chi connectivity index (χ2v) is 5.33. The Balaban J connectivity index is 0. The molecule has 1 aliphatic rings. The minimum absolute atomic E-state index is 0. The summed E-state index contributed by atoms with van der Waals surface area (Å²) in [6.07, 6.45) is 2.15. The fourth-order valence-corrected chi connectivity index (χ4v) is 2.11. The van der Waals surface area contributed by atoms with Crippen LogP contribution in [0.2, 0.25) is 0 Å². The highest BCUT2D eigenvalue weighted by Crippen LogP contribution is 2.17. The van der Waals surface area contributed by atoms with Gasteiger partial charge in [-0.1, -0.05) is 0 Å². The number of carbonyl (C=O) groups excluding carboxylic acids is 2. The van der Waals surface area contributed by atoms with E-state index in [1.54, 1.807) is 4.90 Å². The maximum atomic E-state index is 11.9. The van der Waals surface area contributed by atoms with Gasteiger partial charge in [0.25, 0.3) is 0 Å². The van der Waals surface area contributed by atoms with Gasteiger partial charge in [-0.05, 0) is 33.5 Å². The van der Waals surface area contributed by atoms with E-state index in [4.69, 9.17) is 5.73 Å². The number of likely N-dealkylation sites (tertiary alicyclic amines) is 1. The molecule has 1 saturated heterocycles. The molecule has 0 aromatic carbocycles. The zero-order valence-electron chi connectivity index (χ0n) is 12.8. The van der Waals surface area contributed by atoms with E-state index in [1.807, 2.05) is 19.0 Å². The molecule has 8 heteroatoms. The monoisotopic (exact) mass is 342 g/mol. The number of carbonyl (C=O) groups is 2. The molecular weight excluding hydrogens is 315 g/mol. The molecule has 1 aliphatic heterocycles. The van der Waals surface area contributed by atoms with Crippen LogP contribution in [0.1, 0.15) is 19.3 Å². The molecule has 0 aromatic heterocycles. The lowest BCUT2D eigenvalue weighted by Gasteiger charge is -2.19. The third kappa shape index (κ3) is 8.46. The predicted molar refractivity (Wildman–Crippen MR) is 89.0 cm³/mol. The fourth-order valence-electron chi connectivity index (χ4n) is 2.11. The molecule has 1 unspecified atom stereocenters. The number of nitrogens with two attached hydrogens (primary N) is 1. The Labute approximate surface area is 139 Å². The molecule has 21 heavy (non-hydrogen) atoms. The van der Waals surface area contributed by atoms with Crippen LogP contribution in [-0.4, -0.2) is 68.4 Å². The van der Waals surface area contributed by atoms with Gasteiger partial charge < -0.3 is 20.9 Å². The molecular formula is C13H28Cl2N4O2. The largest absolute Gasteiger partial charge is 0.356 e. The van der Waals surface area contributed by atoms with Crippen molar-refractivity contribution in [1.29, 1.82) is 0 Å². The highest BCUT2D eigenvalue weighted by atomic mass is 35.5. The maximum Gasteiger partial charge on any atom is 0.225 e. The summed E-state index contributed by atoms with van der Waals surface area (Å²) in [4.78, 5) is 27.5. The van der Waals surface area contributed by atoms with Crippen LogP contribution in [0.5, 0.6) is 0 Å². The molecule has 1 heterocycles. The molecule has 126 valence electrons. The van der Waals surface area contributed by atoms with Crippen LogP contribution in [0.25, 0.3) is 0 Å². The van der Waals surface area contributed by atoms with Gasteiger partial charge in [0, 0.05) is 32.6 Å². The lowest BCUT2D eigenvalue weighted by molar-refractivity contribution is -0.129. The van der Waals surface area contributed by atoms with Crippen LogP contribution in [0.15, 0.2) is 0 Å². The van der Waals surface area contributed by atoms with E-state index in [2.05, 4.69) is 5.32 Å². The van der Waals surface area contributed by atoms with Crippen LogP contribution in [0.4, 0.5) is 0 Å². The van der Waals surface area contributed by atoms with E-state index < -0.39 is 0 Å². The Morgan fingerprint density at radius 3 is 2.62 bits per heavy atom. The molecule has 0 aromatic rings. The van der Waals surface area contributed by atoms with Crippen LogP contribution >= 0.6 is 24.8 Å². The number of likely N-dealkylation sites (N-methyl/N-ethyl adjacent to an activating group) is 1. The first-order chi connectivity index (χ1) is 9.04. The number of amides is 2. The van der Waals surface area contributed by atoms with Gasteiger partial charge >= 0.3 is 0 Å². The standard InChI is InChI=1S/C13H26N4O2.2ClH/c1-16(2)7-8-17-10-11(9-12(17)18)13(19)15-6-4-3-5-14;;/h11H,3-10,14H2,1-2H3,(H,15,19);2*1H. The van der Waals surface area contributed by atoms with Gasteiger partial charge in [0.05, 0.1) is 5.92 Å². The number of nitrogens with zero attached hydrogens (tertiary/aromatic N) is 2. The molecule has 6 nitrogen and oxygen atoms in total. The molecule has 0 bridgehead atoms. The van der Waals surface area contributed by atoms with E-state index in [9.17, 15) is 9.59 Å². The first kappa shape index (κ1) is 22.7. The summed E-state index contributed by atoms with van der Waals surface area (Å²) in [6.45, 7) is 3.38. The highest BCUT2D eigenvalue weighted by molar-refractivity contribution is 5.89. The zero-order valence-corrected chi connectivity index (χ0v) is 14.5. The van der Waals surface area contributed by atoms with Gasteiger partial charge in [-0.3, -0.25) is 9.59 Å². The SMILES string of the molecule is CN(C)CCN1CC(C(=O)NCCCCN)CC1=O.Cl.Cl. The third-order valence-corrected chi connectivity index (χ3v) is 3.33. The van der Waals surface area contributed by atoms with Gasteiger partial charge in [-0.25, -0.2) is 0 Å². The second kappa shape index (κ2) is 12.0. The summed E-state index contributed by atoms with van der Waals surface area (Å²) >= 11 is 0. The average molecular weight is 343 g/mol. The summed E-state index contributed by atoms with van der Waals surface area (Å²) in [5.41, 5.74) is 5.39. The molecule has 0 saturated carbocycles. The van der Waals surface area contributed by atoms with Crippen molar-refractivity contribution in [1.82, 2.24) is 15.1 Å². The zero-order chi connectivity index (χ0) is 14.3. The van der Waals surface area contributed by atoms with Crippen molar-refractivity contribution in [3.8, 4) is 0 Å². The Morgan fingerprint density at radius 2 is 2.05 bits per heavy atom. The summed E-state index contributed by atoms with van der Waals surface area (Å²) in [5, 5.41) is 2.88. The first-order valence-corrected chi connectivity index (χ1v) is 6.95. The number of hydrogen-bond acceptors (Lipinski definition) is 4. The normalized spacial score (nSPS) is 17.4. The summed E-state index contributed by atoms with van der Waals surface area (Å²) < 4.78 is 0. The van der Waals surface area contributed by atoms with Gasteiger partial charge in [0.2, 0.25) is 11.8 Å². The Bertz CT molecular complexity index is 317. The van der Waals surface area contributed by atoms with Crippen molar-refractivity contribution >= 4 is 36.6 Å². The highest BCUT2D eigenvalue weighted by Gasteiger charge is 2.33. The molecule has 0 aliphatic carbocycles. The quantitative estimate of drug-likeness (QED) is 0.613. The number of rotatable bonds is 8. The number of hydrogen-bond donors (Lipinski definition) is 2. The minimum Gasteiger partial charge on any atom is -0.356 e. The summed E-state index contributed by atoms with van der Waals surface area (Å²) in [5.74, 6) is -0.103. The van der Waals surface area contributed by atoms with Crippen molar-refractivity contribution in [2.75, 3.05) is 46.8 Å². The van der Waals surface area contributed by atoms with Crippen molar-refractivity contribution in [3.05, 3.63) is 0 Å². The second-order valence-electron chi connectivity index (χ2n) is 5.33. The van der Waals surface area contributed by atoms with Gasteiger partial charge in [0.15, 0.2) is 0 Å². The predicted octanol–water partition coefficient (Wildman–Crippen LogP) is 0.0952. The Morgan fingerprint density at radius 1 is 1.38 bits per heavy atom. The third-order valence-electron chi connectivity index (χ3n) is 3.33.